The quantitative estimate of drug-likeness (QED) is 0.779. The average molecular weight is 354 g/mol. The fourth-order valence-electron chi connectivity index (χ4n) is 2.95. The molecule has 4 heteroatoms. The van der Waals surface area contributed by atoms with Gasteiger partial charge in [-0.3, -0.25) is 0 Å². The smallest absolute Gasteiger partial charge is 0.144 e. The van der Waals surface area contributed by atoms with E-state index in [1.807, 2.05) is 0 Å². The topological polar surface area (TPSA) is 37.8 Å². The maximum Gasteiger partial charge on any atom is 0.144 e. The second-order valence-corrected chi connectivity index (χ2v) is 7.70. The van der Waals surface area contributed by atoms with E-state index in [1.54, 1.807) is 0 Å². The molecule has 1 aromatic rings. The Labute approximate surface area is 137 Å². The summed E-state index contributed by atoms with van der Waals surface area (Å²) in [6.45, 7) is 10.0. The lowest BCUT2D eigenvalue weighted by molar-refractivity contribution is 0.220. The van der Waals surface area contributed by atoms with Crippen LogP contribution in [-0.2, 0) is 6.42 Å². The van der Waals surface area contributed by atoms with Gasteiger partial charge in [-0.05, 0) is 59.9 Å². The minimum atomic E-state index is 0.489. The van der Waals surface area contributed by atoms with Crippen LogP contribution in [0.3, 0.4) is 0 Å². The van der Waals surface area contributed by atoms with Crippen LogP contribution in [0.5, 0.6) is 0 Å². The third-order valence-electron chi connectivity index (χ3n) is 4.52. The summed E-state index contributed by atoms with van der Waals surface area (Å²) in [5, 5.41) is 3.44. The molecule has 1 aliphatic rings. The molecule has 0 radical (unpaired) electrons. The number of hydrogen-bond donors (Lipinski definition) is 1. The maximum absolute atomic E-state index is 4.83. The van der Waals surface area contributed by atoms with E-state index in [0.29, 0.717) is 11.3 Å². The molecule has 0 aliphatic heterocycles. The summed E-state index contributed by atoms with van der Waals surface area (Å²) in [6, 6.07) is 0. The Morgan fingerprint density at radius 3 is 2.43 bits per heavy atom. The van der Waals surface area contributed by atoms with Gasteiger partial charge >= 0.3 is 0 Å². The zero-order valence-corrected chi connectivity index (χ0v) is 15.4. The van der Waals surface area contributed by atoms with Gasteiger partial charge < -0.3 is 5.32 Å². The molecule has 3 nitrogen and oxygen atoms in total. The monoisotopic (exact) mass is 353 g/mol. The van der Waals surface area contributed by atoms with Crippen LogP contribution >= 0.6 is 15.9 Å². The van der Waals surface area contributed by atoms with E-state index < -0.39 is 0 Å². The van der Waals surface area contributed by atoms with Gasteiger partial charge in [0.1, 0.15) is 11.6 Å². The highest BCUT2D eigenvalue weighted by molar-refractivity contribution is 9.10. The zero-order chi connectivity index (χ0) is 15.5. The molecule has 1 aliphatic carbocycles. The van der Waals surface area contributed by atoms with Crippen molar-refractivity contribution < 1.29 is 0 Å². The number of aryl methyl sites for hydroxylation is 1. The molecule has 0 unspecified atom stereocenters. The van der Waals surface area contributed by atoms with Crippen LogP contribution in [0.4, 0.5) is 5.82 Å². The zero-order valence-electron chi connectivity index (χ0n) is 13.8. The summed E-state index contributed by atoms with van der Waals surface area (Å²) in [5.41, 5.74) is 1.62. The molecule has 0 bridgehead atoms. The molecule has 1 N–H and O–H groups in total. The first-order chi connectivity index (χ1) is 9.96. The van der Waals surface area contributed by atoms with Gasteiger partial charge in [0.25, 0.3) is 0 Å². The summed E-state index contributed by atoms with van der Waals surface area (Å²) >= 11 is 3.66. The number of anilines is 1. The van der Waals surface area contributed by atoms with Crippen molar-refractivity contribution in [3.63, 3.8) is 0 Å². The normalized spacial score (nSPS) is 18.7. The molecule has 21 heavy (non-hydrogen) atoms. The lowest BCUT2D eigenvalue weighted by Gasteiger charge is -2.33. The van der Waals surface area contributed by atoms with Crippen molar-refractivity contribution in [2.24, 2.45) is 5.41 Å². The third kappa shape index (κ3) is 4.18. The van der Waals surface area contributed by atoms with E-state index in [0.717, 1.165) is 41.2 Å². The molecule has 1 saturated carbocycles. The van der Waals surface area contributed by atoms with E-state index in [-0.39, 0.29) is 0 Å². The summed E-state index contributed by atoms with van der Waals surface area (Å²) in [5.74, 6) is 2.55. The molecule has 1 aromatic heterocycles. The van der Waals surface area contributed by atoms with Gasteiger partial charge in [0, 0.05) is 12.5 Å². The van der Waals surface area contributed by atoms with Gasteiger partial charge in [0.15, 0.2) is 0 Å². The largest absolute Gasteiger partial charge is 0.369 e. The van der Waals surface area contributed by atoms with Crippen molar-refractivity contribution >= 4 is 21.7 Å². The molecule has 0 amide bonds. The van der Waals surface area contributed by atoms with Crippen LogP contribution in [0.1, 0.15) is 77.2 Å². The van der Waals surface area contributed by atoms with Crippen molar-refractivity contribution in [2.75, 3.05) is 11.9 Å². The first-order valence-electron chi connectivity index (χ1n) is 8.27. The fraction of sp³-hybridized carbons (Fsp3) is 0.765. The number of rotatable bonds is 5. The average Bonchev–Trinajstić information content (AvgIpc) is 2.46. The summed E-state index contributed by atoms with van der Waals surface area (Å²) in [7, 11) is 0. The van der Waals surface area contributed by atoms with Crippen LogP contribution < -0.4 is 5.32 Å². The molecule has 1 heterocycles. The van der Waals surface area contributed by atoms with Crippen LogP contribution in [0, 0.1) is 5.41 Å². The molecular formula is C17H28BrN3. The summed E-state index contributed by atoms with van der Waals surface area (Å²) in [6.07, 6.45) is 7.02. The Hall–Kier alpha value is -0.640. The Morgan fingerprint density at radius 2 is 1.86 bits per heavy atom. The van der Waals surface area contributed by atoms with E-state index >= 15 is 0 Å². The molecule has 0 atom stereocenters. The predicted molar refractivity (Wildman–Crippen MR) is 92.9 cm³/mol. The van der Waals surface area contributed by atoms with Crippen molar-refractivity contribution in [3.05, 3.63) is 16.0 Å². The van der Waals surface area contributed by atoms with Gasteiger partial charge in [0.05, 0.1) is 10.2 Å². The second kappa shape index (κ2) is 7.08. The number of hydrogen-bond acceptors (Lipinski definition) is 3. The lowest BCUT2D eigenvalue weighted by Crippen LogP contribution is -2.22. The molecule has 0 saturated heterocycles. The maximum atomic E-state index is 4.83. The highest BCUT2D eigenvalue weighted by Gasteiger charge is 2.29. The Kier molecular flexibility index (Phi) is 5.64. The molecular weight excluding hydrogens is 326 g/mol. The highest BCUT2D eigenvalue weighted by atomic mass is 79.9. The first kappa shape index (κ1) is 16.7. The van der Waals surface area contributed by atoms with Crippen molar-refractivity contribution in [1.29, 1.82) is 0 Å². The number of nitrogens with one attached hydrogen (secondary N) is 1. The van der Waals surface area contributed by atoms with Gasteiger partial charge in [0.2, 0.25) is 0 Å². The van der Waals surface area contributed by atoms with E-state index in [2.05, 4.69) is 48.9 Å². The SMILES string of the molecule is CCCNc1nc(C2CCC(C)(C)CC2)nc(CC)c1Br. The van der Waals surface area contributed by atoms with E-state index in [4.69, 9.17) is 9.97 Å². The number of halogens is 1. The first-order valence-corrected chi connectivity index (χ1v) is 9.06. The second-order valence-electron chi connectivity index (χ2n) is 6.91. The summed E-state index contributed by atoms with van der Waals surface area (Å²) < 4.78 is 1.04. The van der Waals surface area contributed by atoms with Gasteiger partial charge in [-0.25, -0.2) is 9.97 Å². The van der Waals surface area contributed by atoms with Gasteiger partial charge in [-0.2, -0.15) is 0 Å². The van der Waals surface area contributed by atoms with E-state index in [1.165, 1.54) is 25.7 Å². The minimum Gasteiger partial charge on any atom is -0.369 e. The van der Waals surface area contributed by atoms with Crippen LogP contribution in [0.25, 0.3) is 0 Å². The van der Waals surface area contributed by atoms with Gasteiger partial charge in [-0.1, -0.05) is 27.7 Å². The van der Waals surface area contributed by atoms with Gasteiger partial charge in [-0.15, -0.1) is 0 Å². The molecule has 2 rings (SSSR count). The standard InChI is InChI=1S/C17H28BrN3/c1-5-11-19-16-14(18)13(6-2)20-15(21-16)12-7-9-17(3,4)10-8-12/h12H,5-11H2,1-4H3,(H,19,20,21). The minimum absolute atomic E-state index is 0.489. The van der Waals surface area contributed by atoms with Crippen molar-refractivity contribution in [2.45, 2.75) is 72.1 Å². The lowest BCUT2D eigenvalue weighted by atomic mass is 9.73. The molecule has 0 aromatic carbocycles. The fourth-order valence-corrected chi connectivity index (χ4v) is 3.55. The summed E-state index contributed by atoms with van der Waals surface area (Å²) in [4.78, 5) is 9.65. The van der Waals surface area contributed by atoms with Crippen LogP contribution in [-0.4, -0.2) is 16.5 Å². The molecule has 1 fully saturated rings. The van der Waals surface area contributed by atoms with Crippen molar-refractivity contribution in [3.8, 4) is 0 Å². The van der Waals surface area contributed by atoms with E-state index in [9.17, 15) is 0 Å². The number of nitrogens with zero attached hydrogens (tertiary/aromatic N) is 2. The Bertz CT molecular complexity index is 475. The van der Waals surface area contributed by atoms with Crippen molar-refractivity contribution in [1.82, 2.24) is 9.97 Å². The Balaban J connectivity index is 2.23. The molecule has 118 valence electrons. The third-order valence-corrected chi connectivity index (χ3v) is 5.35. The van der Waals surface area contributed by atoms with Crippen LogP contribution in [0.2, 0.25) is 0 Å². The Morgan fingerprint density at radius 1 is 1.19 bits per heavy atom. The number of aromatic nitrogens is 2. The highest BCUT2D eigenvalue weighted by Crippen LogP contribution is 2.42. The van der Waals surface area contributed by atoms with Crippen LogP contribution in [0.15, 0.2) is 4.47 Å². The molecule has 0 spiro atoms. The predicted octanol–water partition coefficient (Wildman–Crippen LogP) is 5.31.